The smallest absolute Gasteiger partial charge is 0.336 e. The van der Waals surface area contributed by atoms with Crippen LogP contribution in [0.5, 0.6) is 5.75 Å². The van der Waals surface area contributed by atoms with Crippen LogP contribution in [0.15, 0.2) is 57.7 Å². The molecule has 7 heteroatoms. The van der Waals surface area contributed by atoms with Gasteiger partial charge in [-0.15, -0.1) is 0 Å². The summed E-state index contributed by atoms with van der Waals surface area (Å²) in [6.45, 7) is 5.34. The van der Waals surface area contributed by atoms with Crippen molar-refractivity contribution in [1.82, 2.24) is 5.32 Å². The number of carbonyl (C=O) groups excluding carboxylic acids is 1. The summed E-state index contributed by atoms with van der Waals surface area (Å²) in [5, 5.41) is 12.9. The van der Waals surface area contributed by atoms with Gasteiger partial charge in [-0.25, -0.2) is 9.59 Å². The molecule has 0 bridgehead atoms. The van der Waals surface area contributed by atoms with E-state index in [1.54, 1.807) is 32.0 Å². The topological polar surface area (TPSA) is 106 Å². The number of aliphatic carboxylic acids is 1. The third-order valence-electron chi connectivity index (χ3n) is 5.29. The van der Waals surface area contributed by atoms with E-state index >= 15 is 0 Å². The first-order chi connectivity index (χ1) is 15.3. The van der Waals surface area contributed by atoms with Gasteiger partial charge in [0.2, 0.25) is 0 Å². The maximum atomic E-state index is 12.6. The molecule has 0 aliphatic rings. The molecule has 2 atom stereocenters. The Morgan fingerprint density at radius 2 is 1.88 bits per heavy atom. The Labute approximate surface area is 186 Å². The highest BCUT2D eigenvalue weighted by molar-refractivity contribution is 5.87. The third-order valence-corrected chi connectivity index (χ3v) is 5.29. The molecule has 2 aromatic carbocycles. The lowest BCUT2D eigenvalue weighted by Crippen LogP contribution is -2.47. The van der Waals surface area contributed by atoms with Crippen molar-refractivity contribution in [3.63, 3.8) is 0 Å². The number of ether oxygens (including phenoxy) is 1. The van der Waals surface area contributed by atoms with Gasteiger partial charge in [-0.05, 0) is 43.5 Å². The molecule has 1 heterocycles. The molecule has 0 aliphatic carbocycles. The Hall–Kier alpha value is -3.61. The van der Waals surface area contributed by atoms with Gasteiger partial charge in [-0.2, -0.15) is 0 Å². The molecule has 3 rings (SSSR count). The number of nitrogens with one attached hydrogen (secondary N) is 1. The summed E-state index contributed by atoms with van der Waals surface area (Å²) in [5.74, 6) is -1.28. The Bertz CT molecular complexity index is 1170. The van der Waals surface area contributed by atoms with Crippen LogP contribution in [0, 0.1) is 6.92 Å². The summed E-state index contributed by atoms with van der Waals surface area (Å²) in [7, 11) is 0. The average Bonchev–Trinajstić information content (AvgIpc) is 2.76. The van der Waals surface area contributed by atoms with Gasteiger partial charge >= 0.3 is 11.6 Å². The fourth-order valence-corrected chi connectivity index (χ4v) is 3.59. The van der Waals surface area contributed by atoms with E-state index in [1.807, 2.05) is 31.2 Å². The SMILES string of the molecule is CCCc1cc(=O)oc2c(C)c(O[C@H](C)C(=O)N[C@H](Cc3ccccc3)C(=O)O)ccc12. The average molecular weight is 437 g/mol. The van der Waals surface area contributed by atoms with Crippen molar-refractivity contribution in [1.29, 1.82) is 0 Å². The Morgan fingerprint density at radius 1 is 1.16 bits per heavy atom. The molecule has 32 heavy (non-hydrogen) atoms. The van der Waals surface area contributed by atoms with E-state index < -0.39 is 29.6 Å². The van der Waals surface area contributed by atoms with Gasteiger partial charge in [-0.1, -0.05) is 43.7 Å². The predicted octanol–water partition coefficient (Wildman–Crippen LogP) is 3.63. The van der Waals surface area contributed by atoms with Crippen molar-refractivity contribution in [3.05, 3.63) is 75.6 Å². The highest BCUT2D eigenvalue weighted by Gasteiger charge is 2.25. The lowest BCUT2D eigenvalue weighted by atomic mass is 10.0. The summed E-state index contributed by atoms with van der Waals surface area (Å²) >= 11 is 0. The van der Waals surface area contributed by atoms with E-state index in [9.17, 15) is 19.5 Å². The molecule has 168 valence electrons. The summed E-state index contributed by atoms with van der Waals surface area (Å²) in [4.78, 5) is 36.3. The number of aryl methyl sites for hydroxylation is 2. The van der Waals surface area contributed by atoms with Gasteiger partial charge in [0.25, 0.3) is 5.91 Å². The van der Waals surface area contributed by atoms with Crippen LogP contribution in [-0.2, 0) is 22.4 Å². The number of hydrogen-bond donors (Lipinski definition) is 2. The summed E-state index contributed by atoms with van der Waals surface area (Å²) in [6.07, 6.45) is 0.850. The highest BCUT2D eigenvalue weighted by atomic mass is 16.5. The van der Waals surface area contributed by atoms with Gasteiger partial charge in [0, 0.05) is 23.4 Å². The van der Waals surface area contributed by atoms with Crippen molar-refractivity contribution in [2.45, 2.75) is 52.2 Å². The molecule has 0 fully saturated rings. The number of benzene rings is 2. The number of amides is 1. The Balaban J connectivity index is 1.77. The van der Waals surface area contributed by atoms with Gasteiger partial charge in [-0.3, -0.25) is 4.79 Å². The van der Waals surface area contributed by atoms with Crippen molar-refractivity contribution in [3.8, 4) is 5.75 Å². The lowest BCUT2D eigenvalue weighted by Gasteiger charge is -2.20. The van der Waals surface area contributed by atoms with Crippen LogP contribution >= 0.6 is 0 Å². The van der Waals surface area contributed by atoms with Crippen LogP contribution in [0.2, 0.25) is 0 Å². The molecule has 0 unspecified atom stereocenters. The molecule has 0 radical (unpaired) electrons. The zero-order chi connectivity index (χ0) is 23.3. The van der Waals surface area contributed by atoms with Gasteiger partial charge < -0.3 is 19.6 Å². The number of fused-ring (bicyclic) bond motifs is 1. The minimum Gasteiger partial charge on any atom is -0.480 e. The molecular formula is C25H27NO6. The second-order valence-corrected chi connectivity index (χ2v) is 7.76. The molecule has 1 amide bonds. The minimum atomic E-state index is -1.12. The van der Waals surface area contributed by atoms with Crippen LogP contribution in [0.3, 0.4) is 0 Å². The quantitative estimate of drug-likeness (QED) is 0.495. The van der Waals surface area contributed by atoms with E-state index in [2.05, 4.69) is 5.32 Å². The monoisotopic (exact) mass is 437 g/mol. The number of carboxylic acid groups (broad SMARTS) is 1. The molecule has 2 N–H and O–H groups in total. The third kappa shape index (κ3) is 5.35. The van der Waals surface area contributed by atoms with Crippen LogP contribution in [-0.4, -0.2) is 29.1 Å². The van der Waals surface area contributed by atoms with Gasteiger partial charge in [0.1, 0.15) is 17.4 Å². The molecule has 3 aromatic rings. The van der Waals surface area contributed by atoms with Crippen LogP contribution in [0.1, 0.15) is 37.0 Å². The van der Waals surface area contributed by atoms with Crippen molar-refractivity contribution in [2.24, 2.45) is 0 Å². The standard InChI is InChI=1S/C25H27NO6/c1-4-8-18-14-22(27)32-23-15(2)21(12-11-19(18)23)31-16(3)24(28)26-20(25(29)30)13-17-9-6-5-7-10-17/h5-7,9-12,14,16,20H,4,8,13H2,1-3H3,(H,26,28)(H,29,30)/t16-,20-/m1/s1. The maximum absolute atomic E-state index is 12.6. The molecule has 7 nitrogen and oxygen atoms in total. The maximum Gasteiger partial charge on any atom is 0.336 e. The van der Waals surface area contributed by atoms with Gasteiger partial charge in [0.05, 0.1) is 0 Å². The molecule has 0 saturated carbocycles. The Morgan fingerprint density at radius 3 is 2.53 bits per heavy atom. The first-order valence-corrected chi connectivity index (χ1v) is 10.6. The van der Waals surface area contributed by atoms with E-state index in [0.29, 0.717) is 16.9 Å². The Kier molecular flexibility index (Phi) is 7.30. The fourth-order valence-electron chi connectivity index (χ4n) is 3.59. The zero-order valence-electron chi connectivity index (χ0n) is 18.4. The van der Waals surface area contributed by atoms with Gasteiger partial charge in [0.15, 0.2) is 6.10 Å². The molecule has 0 aliphatic heterocycles. The van der Waals surface area contributed by atoms with Crippen molar-refractivity contribution >= 4 is 22.8 Å². The van der Waals surface area contributed by atoms with Crippen molar-refractivity contribution < 1.29 is 23.8 Å². The largest absolute Gasteiger partial charge is 0.480 e. The number of hydrogen-bond acceptors (Lipinski definition) is 5. The van der Waals surface area contributed by atoms with E-state index in [1.165, 1.54) is 6.07 Å². The van der Waals surface area contributed by atoms with E-state index in [0.717, 1.165) is 29.4 Å². The van der Waals surface area contributed by atoms with E-state index in [4.69, 9.17) is 9.15 Å². The molecular weight excluding hydrogens is 410 g/mol. The normalized spacial score (nSPS) is 12.8. The number of carbonyl (C=O) groups is 2. The molecule has 0 saturated heterocycles. The molecule has 1 aromatic heterocycles. The summed E-state index contributed by atoms with van der Waals surface area (Å²) < 4.78 is 11.2. The summed E-state index contributed by atoms with van der Waals surface area (Å²) in [5.41, 5.74) is 2.31. The van der Waals surface area contributed by atoms with Crippen LogP contribution < -0.4 is 15.7 Å². The summed E-state index contributed by atoms with van der Waals surface area (Å²) in [6, 6.07) is 13.0. The van der Waals surface area contributed by atoms with Crippen LogP contribution in [0.25, 0.3) is 11.0 Å². The first kappa shape index (κ1) is 23.1. The first-order valence-electron chi connectivity index (χ1n) is 10.6. The minimum absolute atomic E-state index is 0.162. The lowest BCUT2D eigenvalue weighted by molar-refractivity contribution is -0.142. The fraction of sp³-hybridized carbons (Fsp3) is 0.320. The zero-order valence-corrected chi connectivity index (χ0v) is 18.4. The van der Waals surface area contributed by atoms with Crippen LogP contribution in [0.4, 0.5) is 0 Å². The van der Waals surface area contributed by atoms with Crippen molar-refractivity contribution in [2.75, 3.05) is 0 Å². The number of carboxylic acids is 1. The predicted molar refractivity (Wildman–Crippen MR) is 121 cm³/mol. The second-order valence-electron chi connectivity index (χ2n) is 7.76. The number of rotatable bonds is 9. The second kappa shape index (κ2) is 10.1. The molecule has 0 spiro atoms. The van der Waals surface area contributed by atoms with E-state index in [-0.39, 0.29) is 6.42 Å². The highest BCUT2D eigenvalue weighted by Crippen LogP contribution is 2.29.